The minimum atomic E-state index is 0.224. The van der Waals surface area contributed by atoms with Crippen LogP contribution < -0.4 is 5.32 Å². The SMILES string of the molecule is O=C(Cc1cccc(O)c1)CC1CSCCN1. The van der Waals surface area contributed by atoms with Gasteiger partial charge in [-0.05, 0) is 17.7 Å². The molecule has 0 radical (unpaired) electrons. The Morgan fingerprint density at radius 3 is 3.12 bits per heavy atom. The van der Waals surface area contributed by atoms with E-state index in [2.05, 4.69) is 5.32 Å². The molecule has 0 saturated carbocycles. The second-order valence-corrected chi connectivity index (χ2v) is 5.47. The summed E-state index contributed by atoms with van der Waals surface area (Å²) in [5.41, 5.74) is 0.887. The van der Waals surface area contributed by atoms with Crippen LogP contribution in [0.2, 0.25) is 0 Å². The van der Waals surface area contributed by atoms with Crippen molar-refractivity contribution in [1.82, 2.24) is 5.32 Å². The second-order valence-electron chi connectivity index (χ2n) is 4.32. The molecule has 0 aliphatic carbocycles. The largest absolute Gasteiger partial charge is 0.508 e. The highest BCUT2D eigenvalue weighted by Gasteiger charge is 2.16. The van der Waals surface area contributed by atoms with Crippen LogP contribution >= 0.6 is 11.8 Å². The lowest BCUT2D eigenvalue weighted by Crippen LogP contribution is -2.39. The van der Waals surface area contributed by atoms with Crippen LogP contribution in [0.15, 0.2) is 24.3 Å². The molecular formula is C13H17NO2S. The van der Waals surface area contributed by atoms with Crippen molar-refractivity contribution >= 4 is 17.5 Å². The molecule has 0 aromatic heterocycles. The van der Waals surface area contributed by atoms with Crippen molar-refractivity contribution in [2.75, 3.05) is 18.1 Å². The van der Waals surface area contributed by atoms with E-state index in [9.17, 15) is 9.90 Å². The summed E-state index contributed by atoms with van der Waals surface area (Å²) >= 11 is 1.90. The lowest BCUT2D eigenvalue weighted by Gasteiger charge is -2.22. The third-order valence-electron chi connectivity index (χ3n) is 2.78. The molecule has 0 spiro atoms. The first-order valence-electron chi connectivity index (χ1n) is 5.85. The number of thioether (sulfide) groups is 1. The van der Waals surface area contributed by atoms with Crippen molar-refractivity contribution in [3.05, 3.63) is 29.8 Å². The monoisotopic (exact) mass is 251 g/mol. The summed E-state index contributed by atoms with van der Waals surface area (Å²) in [6.07, 6.45) is 1.000. The van der Waals surface area contributed by atoms with E-state index < -0.39 is 0 Å². The lowest BCUT2D eigenvalue weighted by molar-refractivity contribution is -0.118. The molecular weight excluding hydrogens is 234 g/mol. The molecule has 92 valence electrons. The first-order valence-corrected chi connectivity index (χ1v) is 7.00. The molecule has 1 atom stereocenters. The van der Waals surface area contributed by atoms with E-state index in [1.807, 2.05) is 17.8 Å². The summed E-state index contributed by atoms with van der Waals surface area (Å²) < 4.78 is 0. The molecule has 1 aliphatic rings. The fourth-order valence-corrected chi connectivity index (χ4v) is 2.94. The predicted molar refractivity (Wildman–Crippen MR) is 70.6 cm³/mol. The van der Waals surface area contributed by atoms with Gasteiger partial charge in [-0.25, -0.2) is 0 Å². The molecule has 1 saturated heterocycles. The first kappa shape index (κ1) is 12.5. The number of nitrogens with one attached hydrogen (secondary N) is 1. The number of Topliss-reactive ketones (excluding diaryl/α,β-unsaturated/α-hetero) is 1. The minimum Gasteiger partial charge on any atom is -0.508 e. The number of phenols is 1. The number of phenolic OH excluding ortho intramolecular Hbond substituents is 1. The van der Waals surface area contributed by atoms with Gasteiger partial charge >= 0.3 is 0 Å². The van der Waals surface area contributed by atoms with Crippen LogP contribution in [0.4, 0.5) is 0 Å². The Balaban J connectivity index is 1.84. The van der Waals surface area contributed by atoms with Gasteiger partial charge in [-0.2, -0.15) is 11.8 Å². The van der Waals surface area contributed by atoms with Gasteiger partial charge in [0.1, 0.15) is 11.5 Å². The maximum absolute atomic E-state index is 11.9. The third-order valence-corrected chi connectivity index (χ3v) is 3.92. The molecule has 2 rings (SSSR count). The maximum atomic E-state index is 11.9. The molecule has 1 aromatic rings. The van der Waals surface area contributed by atoms with E-state index in [4.69, 9.17) is 0 Å². The quantitative estimate of drug-likeness (QED) is 0.853. The van der Waals surface area contributed by atoms with Gasteiger partial charge in [0.25, 0.3) is 0 Å². The van der Waals surface area contributed by atoms with Crippen molar-refractivity contribution in [2.24, 2.45) is 0 Å². The molecule has 1 aliphatic heterocycles. The average Bonchev–Trinajstić information content (AvgIpc) is 2.30. The van der Waals surface area contributed by atoms with Crippen LogP contribution in [-0.2, 0) is 11.2 Å². The van der Waals surface area contributed by atoms with Crippen LogP contribution in [0, 0.1) is 0 Å². The Morgan fingerprint density at radius 2 is 2.41 bits per heavy atom. The number of ketones is 1. The summed E-state index contributed by atoms with van der Waals surface area (Å²) in [7, 11) is 0. The van der Waals surface area contributed by atoms with Crippen LogP contribution in [-0.4, -0.2) is 35.0 Å². The van der Waals surface area contributed by atoms with Crippen molar-refractivity contribution in [1.29, 1.82) is 0 Å². The molecule has 1 fully saturated rings. The first-order chi connectivity index (χ1) is 8.24. The minimum absolute atomic E-state index is 0.224. The smallest absolute Gasteiger partial charge is 0.138 e. The van der Waals surface area contributed by atoms with E-state index in [-0.39, 0.29) is 11.5 Å². The maximum Gasteiger partial charge on any atom is 0.138 e. The average molecular weight is 251 g/mol. The third kappa shape index (κ3) is 4.06. The fourth-order valence-electron chi connectivity index (χ4n) is 1.99. The Hall–Kier alpha value is -1.00. The van der Waals surface area contributed by atoms with Crippen molar-refractivity contribution < 1.29 is 9.90 Å². The summed E-state index contributed by atoms with van der Waals surface area (Å²) in [6, 6.07) is 7.24. The molecule has 0 amide bonds. The molecule has 17 heavy (non-hydrogen) atoms. The van der Waals surface area contributed by atoms with Gasteiger partial charge in [-0.1, -0.05) is 12.1 Å². The van der Waals surface area contributed by atoms with Crippen LogP contribution in [0.3, 0.4) is 0 Å². The Labute approximate surface area is 106 Å². The highest BCUT2D eigenvalue weighted by Crippen LogP contribution is 2.14. The zero-order valence-electron chi connectivity index (χ0n) is 9.69. The molecule has 1 unspecified atom stereocenters. The number of hydrogen-bond acceptors (Lipinski definition) is 4. The number of hydrogen-bond donors (Lipinski definition) is 2. The molecule has 1 aromatic carbocycles. The number of aromatic hydroxyl groups is 1. The molecule has 4 heteroatoms. The van der Waals surface area contributed by atoms with Gasteiger partial charge in [-0.3, -0.25) is 4.79 Å². The van der Waals surface area contributed by atoms with E-state index in [1.165, 1.54) is 0 Å². The Bertz CT molecular complexity index is 389. The van der Waals surface area contributed by atoms with Crippen LogP contribution in [0.25, 0.3) is 0 Å². The van der Waals surface area contributed by atoms with Crippen LogP contribution in [0.1, 0.15) is 12.0 Å². The fraction of sp³-hybridized carbons (Fsp3) is 0.462. The summed E-state index contributed by atoms with van der Waals surface area (Å²) in [4.78, 5) is 11.9. The van der Waals surface area contributed by atoms with Gasteiger partial charge in [0.05, 0.1) is 0 Å². The molecule has 2 N–H and O–H groups in total. The van der Waals surface area contributed by atoms with Crippen molar-refractivity contribution in [2.45, 2.75) is 18.9 Å². The van der Waals surface area contributed by atoms with Crippen molar-refractivity contribution in [3.63, 3.8) is 0 Å². The standard InChI is InChI=1S/C13H17NO2S/c15-12-3-1-2-10(6-12)7-13(16)8-11-9-17-5-4-14-11/h1-3,6,11,14-15H,4-5,7-9H2. The van der Waals surface area contributed by atoms with E-state index >= 15 is 0 Å². The lowest BCUT2D eigenvalue weighted by atomic mass is 10.0. The second kappa shape index (κ2) is 6.07. The number of benzene rings is 1. The molecule has 1 heterocycles. The molecule has 0 bridgehead atoms. The van der Waals surface area contributed by atoms with E-state index in [0.29, 0.717) is 18.9 Å². The zero-order chi connectivity index (χ0) is 12.1. The van der Waals surface area contributed by atoms with E-state index in [1.54, 1.807) is 18.2 Å². The molecule has 3 nitrogen and oxygen atoms in total. The Kier molecular flexibility index (Phi) is 4.45. The van der Waals surface area contributed by atoms with Gasteiger partial charge in [0.2, 0.25) is 0 Å². The van der Waals surface area contributed by atoms with Gasteiger partial charge < -0.3 is 10.4 Å². The summed E-state index contributed by atoms with van der Waals surface area (Å²) in [5.74, 6) is 2.61. The number of carbonyl (C=O) groups is 1. The van der Waals surface area contributed by atoms with Gasteiger partial charge in [-0.15, -0.1) is 0 Å². The van der Waals surface area contributed by atoms with Crippen molar-refractivity contribution in [3.8, 4) is 5.75 Å². The highest BCUT2D eigenvalue weighted by atomic mass is 32.2. The number of carbonyl (C=O) groups excluding carboxylic acids is 1. The van der Waals surface area contributed by atoms with Crippen LogP contribution in [0.5, 0.6) is 5.75 Å². The van der Waals surface area contributed by atoms with Gasteiger partial charge in [0, 0.05) is 36.9 Å². The number of rotatable bonds is 4. The topological polar surface area (TPSA) is 49.3 Å². The summed E-state index contributed by atoms with van der Waals surface area (Å²) in [6.45, 7) is 0.995. The normalized spacial score (nSPS) is 20.1. The van der Waals surface area contributed by atoms with E-state index in [0.717, 1.165) is 23.6 Å². The Morgan fingerprint density at radius 1 is 1.53 bits per heavy atom. The predicted octanol–water partition coefficient (Wildman–Crippen LogP) is 1.60. The highest BCUT2D eigenvalue weighted by molar-refractivity contribution is 7.99. The van der Waals surface area contributed by atoms with Gasteiger partial charge in [0.15, 0.2) is 0 Å². The zero-order valence-corrected chi connectivity index (χ0v) is 10.5. The summed E-state index contributed by atoms with van der Waals surface area (Å²) in [5, 5.41) is 12.7.